The van der Waals surface area contributed by atoms with Gasteiger partial charge in [-0.15, -0.1) is 0 Å². The van der Waals surface area contributed by atoms with E-state index in [1.165, 1.54) is 13.2 Å². The summed E-state index contributed by atoms with van der Waals surface area (Å²) >= 11 is 0. The molecule has 8 nitrogen and oxygen atoms in total. The van der Waals surface area contributed by atoms with Crippen molar-refractivity contribution in [1.29, 1.82) is 0 Å². The second kappa shape index (κ2) is 8.11. The molecule has 0 spiro atoms. The predicted molar refractivity (Wildman–Crippen MR) is 90.9 cm³/mol. The Labute approximate surface area is 149 Å². The van der Waals surface area contributed by atoms with Gasteiger partial charge in [0, 0.05) is 12.1 Å². The molecule has 2 aromatic heterocycles. The number of aryl methyl sites for hydroxylation is 1. The number of furan rings is 1. The Hall–Kier alpha value is -3.42. The first-order valence-electron chi connectivity index (χ1n) is 8.03. The third-order valence-corrected chi connectivity index (χ3v) is 3.47. The molecule has 0 aliphatic heterocycles. The number of benzene rings is 1. The average molecular weight is 355 g/mol. The number of hydrogen-bond acceptors (Lipinski definition) is 7. The third-order valence-electron chi connectivity index (χ3n) is 3.47. The highest BCUT2D eigenvalue weighted by atomic mass is 16.5. The molecule has 1 unspecified atom stereocenters. The molecule has 0 aliphatic rings. The molecule has 0 saturated carbocycles. The van der Waals surface area contributed by atoms with E-state index in [1.54, 1.807) is 36.4 Å². The molecule has 0 fully saturated rings. The largest absolute Gasteiger partial charge is 0.461 e. The van der Waals surface area contributed by atoms with E-state index in [4.69, 9.17) is 13.7 Å². The molecular formula is C18H17N3O5. The second-order valence-electron chi connectivity index (χ2n) is 5.48. The number of hydrogen-bond donors (Lipinski definition) is 1. The number of rotatable bonds is 7. The van der Waals surface area contributed by atoms with Crippen LogP contribution < -0.4 is 5.32 Å². The van der Waals surface area contributed by atoms with Gasteiger partial charge in [0.25, 0.3) is 5.91 Å². The van der Waals surface area contributed by atoms with E-state index in [1.807, 2.05) is 6.07 Å². The first-order valence-corrected chi connectivity index (χ1v) is 8.03. The van der Waals surface area contributed by atoms with E-state index in [2.05, 4.69) is 15.5 Å². The summed E-state index contributed by atoms with van der Waals surface area (Å²) in [5.74, 6) is 0.151. The fourth-order valence-electron chi connectivity index (χ4n) is 2.15. The topological polar surface area (TPSA) is 107 Å². The van der Waals surface area contributed by atoms with Crippen LogP contribution in [0.1, 0.15) is 19.2 Å². The van der Waals surface area contributed by atoms with Gasteiger partial charge in [0.2, 0.25) is 11.7 Å². The number of nitrogens with zero attached hydrogens (tertiary/aromatic N) is 2. The summed E-state index contributed by atoms with van der Waals surface area (Å²) in [6.07, 6.45) is 0.816. The number of amides is 1. The minimum Gasteiger partial charge on any atom is -0.461 e. The molecule has 2 heterocycles. The van der Waals surface area contributed by atoms with Crippen LogP contribution in [0.2, 0.25) is 0 Å². The van der Waals surface area contributed by atoms with Crippen LogP contribution in [0.25, 0.3) is 11.6 Å². The number of carbonyl (C=O) groups is 2. The van der Waals surface area contributed by atoms with E-state index in [0.717, 1.165) is 0 Å². The van der Waals surface area contributed by atoms with Crippen LogP contribution in [0.3, 0.4) is 0 Å². The van der Waals surface area contributed by atoms with Crippen LogP contribution in [0.5, 0.6) is 0 Å². The zero-order valence-electron chi connectivity index (χ0n) is 14.0. The molecule has 0 bridgehead atoms. The van der Waals surface area contributed by atoms with Gasteiger partial charge in [0.1, 0.15) is 0 Å². The highest BCUT2D eigenvalue weighted by Gasteiger charge is 2.19. The van der Waals surface area contributed by atoms with Crippen LogP contribution in [-0.2, 0) is 20.7 Å². The minimum absolute atomic E-state index is 0.0166. The highest BCUT2D eigenvalue weighted by molar-refractivity contribution is 5.95. The van der Waals surface area contributed by atoms with Gasteiger partial charge in [0.05, 0.1) is 12.7 Å². The number of nitrogens with one attached hydrogen (secondary N) is 1. The van der Waals surface area contributed by atoms with Crippen molar-refractivity contribution in [2.24, 2.45) is 0 Å². The number of ether oxygens (including phenoxy) is 1. The third kappa shape index (κ3) is 4.56. The summed E-state index contributed by atoms with van der Waals surface area (Å²) in [6, 6.07) is 12.4. The normalized spacial score (nSPS) is 11.7. The van der Waals surface area contributed by atoms with Gasteiger partial charge < -0.3 is 19.0 Å². The van der Waals surface area contributed by atoms with Crippen LogP contribution >= 0.6 is 0 Å². The maximum absolute atomic E-state index is 12.0. The van der Waals surface area contributed by atoms with Gasteiger partial charge in [-0.2, -0.15) is 4.98 Å². The van der Waals surface area contributed by atoms with Crippen molar-refractivity contribution in [1.82, 2.24) is 10.1 Å². The quantitative estimate of drug-likeness (QED) is 0.649. The van der Waals surface area contributed by atoms with Crippen molar-refractivity contribution >= 4 is 17.6 Å². The van der Waals surface area contributed by atoms with Gasteiger partial charge in [-0.3, -0.25) is 9.59 Å². The van der Waals surface area contributed by atoms with E-state index >= 15 is 0 Å². The lowest BCUT2D eigenvalue weighted by molar-refractivity contribution is -0.153. The molecule has 3 rings (SSSR count). The lowest BCUT2D eigenvalue weighted by atomic mass is 10.3. The lowest BCUT2D eigenvalue weighted by Crippen LogP contribution is -2.30. The fourth-order valence-corrected chi connectivity index (χ4v) is 2.15. The Kier molecular flexibility index (Phi) is 5.43. The Morgan fingerprint density at radius 1 is 1.19 bits per heavy atom. The smallest absolute Gasteiger partial charge is 0.307 e. The Balaban J connectivity index is 1.45. The number of anilines is 1. The minimum atomic E-state index is -0.913. The fraction of sp³-hybridized carbons (Fsp3) is 0.222. The summed E-state index contributed by atoms with van der Waals surface area (Å²) in [6.45, 7) is 1.51. The van der Waals surface area contributed by atoms with Crippen molar-refractivity contribution in [3.8, 4) is 11.6 Å². The molecule has 1 aromatic carbocycles. The summed E-state index contributed by atoms with van der Waals surface area (Å²) in [7, 11) is 0. The molecule has 0 aliphatic carbocycles. The number of aromatic nitrogens is 2. The number of esters is 1. The standard InChI is InChI=1S/C18H17N3O5/c1-12(18(23)19-13-6-3-2-4-7-13)25-16(22)10-9-15-20-17(21-26-15)14-8-5-11-24-14/h2-8,11-12H,9-10H2,1H3,(H,19,23). The Bertz CT molecular complexity index is 858. The molecule has 0 radical (unpaired) electrons. The van der Waals surface area contributed by atoms with E-state index in [9.17, 15) is 9.59 Å². The van der Waals surface area contributed by atoms with Crippen molar-refractivity contribution < 1.29 is 23.3 Å². The second-order valence-corrected chi connectivity index (χ2v) is 5.48. The summed E-state index contributed by atoms with van der Waals surface area (Å²) in [5, 5.41) is 6.45. The maximum atomic E-state index is 12.0. The van der Waals surface area contributed by atoms with E-state index in [-0.39, 0.29) is 18.7 Å². The number of carbonyl (C=O) groups excluding carboxylic acids is 2. The molecule has 26 heavy (non-hydrogen) atoms. The van der Waals surface area contributed by atoms with Crippen LogP contribution in [-0.4, -0.2) is 28.1 Å². The van der Waals surface area contributed by atoms with E-state index in [0.29, 0.717) is 17.3 Å². The van der Waals surface area contributed by atoms with Gasteiger partial charge in [0.15, 0.2) is 11.9 Å². The average Bonchev–Trinajstić information content (AvgIpc) is 3.32. The van der Waals surface area contributed by atoms with Crippen LogP contribution in [0.4, 0.5) is 5.69 Å². The molecule has 1 amide bonds. The van der Waals surface area contributed by atoms with Gasteiger partial charge >= 0.3 is 5.97 Å². The van der Waals surface area contributed by atoms with Gasteiger partial charge in [-0.25, -0.2) is 0 Å². The van der Waals surface area contributed by atoms with Crippen molar-refractivity contribution in [3.05, 3.63) is 54.6 Å². The summed E-state index contributed by atoms with van der Waals surface area (Å²) in [5.41, 5.74) is 0.636. The molecule has 134 valence electrons. The van der Waals surface area contributed by atoms with Crippen LogP contribution in [0, 0.1) is 0 Å². The Morgan fingerprint density at radius 3 is 2.73 bits per heavy atom. The zero-order valence-corrected chi connectivity index (χ0v) is 14.0. The first kappa shape index (κ1) is 17.4. The molecule has 1 atom stereocenters. The summed E-state index contributed by atoms with van der Waals surface area (Å²) in [4.78, 5) is 28.1. The molecular weight excluding hydrogens is 338 g/mol. The SMILES string of the molecule is CC(OC(=O)CCc1nc(-c2ccco2)no1)C(=O)Nc1ccccc1. The monoisotopic (exact) mass is 355 g/mol. The zero-order chi connectivity index (χ0) is 18.4. The van der Waals surface area contributed by atoms with Crippen molar-refractivity contribution in [3.63, 3.8) is 0 Å². The van der Waals surface area contributed by atoms with Crippen LogP contribution in [0.15, 0.2) is 57.7 Å². The van der Waals surface area contributed by atoms with Gasteiger partial charge in [-0.1, -0.05) is 23.4 Å². The van der Waals surface area contributed by atoms with Crippen molar-refractivity contribution in [2.45, 2.75) is 25.9 Å². The molecule has 3 aromatic rings. The predicted octanol–water partition coefficient (Wildman–Crippen LogP) is 2.83. The maximum Gasteiger partial charge on any atom is 0.307 e. The Morgan fingerprint density at radius 2 is 2.00 bits per heavy atom. The first-order chi connectivity index (χ1) is 12.6. The molecule has 8 heteroatoms. The van der Waals surface area contributed by atoms with Gasteiger partial charge in [-0.05, 0) is 31.2 Å². The number of para-hydroxylation sites is 1. The summed E-state index contributed by atoms with van der Waals surface area (Å²) < 4.78 is 15.4. The lowest BCUT2D eigenvalue weighted by Gasteiger charge is -2.13. The van der Waals surface area contributed by atoms with Crippen molar-refractivity contribution in [2.75, 3.05) is 5.32 Å². The van der Waals surface area contributed by atoms with E-state index < -0.39 is 18.0 Å². The molecule has 1 N–H and O–H groups in total. The molecule has 0 saturated heterocycles. The highest BCUT2D eigenvalue weighted by Crippen LogP contribution is 2.16.